The van der Waals surface area contributed by atoms with Crippen molar-refractivity contribution < 1.29 is 9.21 Å². The number of likely N-dealkylation sites (N-methyl/N-ethyl adjacent to an activating group) is 1. The van der Waals surface area contributed by atoms with Crippen molar-refractivity contribution in [3.63, 3.8) is 0 Å². The Morgan fingerprint density at radius 1 is 1.14 bits per heavy atom. The number of fused-ring (bicyclic) bond motifs is 2. The van der Waals surface area contributed by atoms with E-state index >= 15 is 0 Å². The zero-order valence-electron chi connectivity index (χ0n) is 16.0. The molecule has 1 aliphatic heterocycles. The number of benzene rings is 2. The van der Waals surface area contributed by atoms with Gasteiger partial charge in [0.15, 0.2) is 5.43 Å². The van der Waals surface area contributed by atoms with Gasteiger partial charge in [0.2, 0.25) is 5.76 Å². The standard InChI is InChI=1S/C22H21ClN2O3/c1-13-7-8-17-16(11-13)20(26)18-19(14-5-4-6-15(23)12-14)25(10-9-24(2)3)22(27)21(18)28-17/h4-8,11-12,19H,9-10H2,1-3H3. The molecule has 0 aliphatic carbocycles. The third-order valence-corrected chi connectivity index (χ3v) is 5.31. The molecular formula is C22H21ClN2O3. The molecule has 28 heavy (non-hydrogen) atoms. The van der Waals surface area contributed by atoms with Crippen LogP contribution < -0.4 is 5.43 Å². The van der Waals surface area contributed by atoms with Gasteiger partial charge in [0, 0.05) is 18.1 Å². The maximum Gasteiger partial charge on any atom is 0.290 e. The Balaban J connectivity index is 1.96. The maximum atomic E-state index is 13.4. The molecule has 0 radical (unpaired) electrons. The van der Waals surface area contributed by atoms with Crippen molar-refractivity contribution in [1.82, 2.24) is 9.80 Å². The second-order valence-corrected chi connectivity index (χ2v) is 7.87. The SMILES string of the molecule is Cc1ccc2oc3c(c(=O)c2c1)C(c1cccc(Cl)c1)N(CCN(C)C)C3=O. The summed E-state index contributed by atoms with van der Waals surface area (Å²) in [7, 11) is 3.89. The van der Waals surface area contributed by atoms with Gasteiger partial charge in [0.25, 0.3) is 5.91 Å². The Morgan fingerprint density at radius 2 is 1.93 bits per heavy atom. The molecule has 0 fully saturated rings. The Kier molecular flexibility index (Phi) is 4.73. The van der Waals surface area contributed by atoms with Gasteiger partial charge in [0.05, 0.1) is 17.0 Å². The van der Waals surface area contributed by atoms with Crippen molar-refractivity contribution in [2.45, 2.75) is 13.0 Å². The lowest BCUT2D eigenvalue weighted by Crippen LogP contribution is -2.35. The van der Waals surface area contributed by atoms with Gasteiger partial charge in [-0.15, -0.1) is 0 Å². The van der Waals surface area contributed by atoms with Crippen LogP contribution in [0, 0.1) is 6.92 Å². The quantitative estimate of drug-likeness (QED) is 0.672. The van der Waals surface area contributed by atoms with Crippen molar-refractivity contribution in [3.8, 4) is 0 Å². The van der Waals surface area contributed by atoms with Gasteiger partial charge in [-0.25, -0.2) is 0 Å². The average molecular weight is 397 g/mol. The summed E-state index contributed by atoms with van der Waals surface area (Å²) >= 11 is 6.20. The topological polar surface area (TPSA) is 53.8 Å². The van der Waals surface area contributed by atoms with Gasteiger partial charge in [-0.1, -0.05) is 35.4 Å². The highest BCUT2D eigenvalue weighted by molar-refractivity contribution is 6.30. The number of hydrogen-bond donors (Lipinski definition) is 0. The van der Waals surface area contributed by atoms with Crippen LogP contribution in [0.1, 0.15) is 33.3 Å². The highest BCUT2D eigenvalue weighted by atomic mass is 35.5. The first-order chi connectivity index (χ1) is 13.4. The van der Waals surface area contributed by atoms with Crippen LogP contribution in [0.3, 0.4) is 0 Å². The van der Waals surface area contributed by atoms with Crippen LogP contribution in [0.15, 0.2) is 51.7 Å². The number of rotatable bonds is 4. The molecule has 0 saturated heterocycles. The summed E-state index contributed by atoms with van der Waals surface area (Å²) in [6.07, 6.45) is 0. The fourth-order valence-corrected chi connectivity index (χ4v) is 3.89. The first kappa shape index (κ1) is 18.7. The van der Waals surface area contributed by atoms with E-state index < -0.39 is 6.04 Å². The molecule has 0 bridgehead atoms. The van der Waals surface area contributed by atoms with Crippen LogP contribution >= 0.6 is 11.6 Å². The van der Waals surface area contributed by atoms with Crippen LogP contribution in [0.5, 0.6) is 0 Å². The van der Waals surface area contributed by atoms with Crippen LogP contribution in [-0.4, -0.2) is 42.9 Å². The fraction of sp³-hybridized carbons (Fsp3) is 0.273. The summed E-state index contributed by atoms with van der Waals surface area (Å²) in [5.74, 6) is -0.133. The molecule has 0 spiro atoms. The van der Waals surface area contributed by atoms with Crippen molar-refractivity contribution >= 4 is 28.5 Å². The normalized spacial score (nSPS) is 16.2. The van der Waals surface area contributed by atoms with Crippen molar-refractivity contribution in [2.75, 3.05) is 27.2 Å². The highest BCUT2D eigenvalue weighted by Crippen LogP contribution is 2.38. The van der Waals surface area contributed by atoms with Crippen molar-refractivity contribution in [2.24, 2.45) is 0 Å². The third kappa shape index (κ3) is 3.11. The summed E-state index contributed by atoms with van der Waals surface area (Å²) in [6.45, 7) is 3.07. The minimum absolute atomic E-state index is 0.130. The molecule has 0 N–H and O–H groups in total. The minimum Gasteiger partial charge on any atom is -0.450 e. The second kappa shape index (κ2) is 7.08. The van der Waals surface area contributed by atoms with E-state index in [9.17, 15) is 9.59 Å². The van der Waals surface area contributed by atoms with Crippen molar-refractivity contribution in [1.29, 1.82) is 0 Å². The Morgan fingerprint density at radius 3 is 2.64 bits per heavy atom. The van der Waals surface area contributed by atoms with E-state index in [-0.39, 0.29) is 17.1 Å². The number of amides is 1. The largest absolute Gasteiger partial charge is 0.450 e. The second-order valence-electron chi connectivity index (χ2n) is 7.43. The number of halogens is 1. The summed E-state index contributed by atoms with van der Waals surface area (Å²) in [5.41, 5.74) is 2.43. The molecule has 1 aliphatic rings. The predicted molar refractivity (Wildman–Crippen MR) is 110 cm³/mol. The van der Waals surface area contributed by atoms with Crippen LogP contribution in [0.25, 0.3) is 11.0 Å². The molecule has 0 saturated carbocycles. The van der Waals surface area contributed by atoms with E-state index in [4.69, 9.17) is 16.0 Å². The van der Waals surface area contributed by atoms with Gasteiger partial charge in [0.1, 0.15) is 5.58 Å². The van der Waals surface area contributed by atoms with Crippen molar-refractivity contribution in [3.05, 3.63) is 80.2 Å². The predicted octanol–water partition coefficient (Wildman–Crippen LogP) is 3.86. The Labute approximate surface area is 168 Å². The van der Waals surface area contributed by atoms with E-state index in [1.807, 2.05) is 50.2 Å². The molecule has 1 amide bonds. The lowest BCUT2D eigenvalue weighted by molar-refractivity contribution is 0.0716. The minimum atomic E-state index is -0.512. The lowest BCUT2D eigenvalue weighted by Gasteiger charge is -2.26. The van der Waals surface area contributed by atoms with E-state index in [2.05, 4.69) is 0 Å². The molecule has 4 rings (SSSR count). The van der Waals surface area contributed by atoms with Gasteiger partial charge in [-0.05, 0) is 50.8 Å². The van der Waals surface area contributed by atoms with Crippen LogP contribution in [0.4, 0.5) is 0 Å². The molecule has 2 aromatic carbocycles. The Hall–Kier alpha value is -2.63. The van der Waals surface area contributed by atoms with Gasteiger partial charge in [-0.3, -0.25) is 9.59 Å². The molecule has 144 valence electrons. The van der Waals surface area contributed by atoms with Crippen LogP contribution in [-0.2, 0) is 0 Å². The summed E-state index contributed by atoms with van der Waals surface area (Å²) in [5, 5.41) is 1.06. The van der Waals surface area contributed by atoms with Gasteiger partial charge >= 0.3 is 0 Å². The smallest absolute Gasteiger partial charge is 0.290 e. The fourth-order valence-electron chi connectivity index (χ4n) is 3.70. The molecular weight excluding hydrogens is 376 g/mol. The summed E-state index contributed by atoms with van der Waals surface area (Å²) < 4.78 is 5.93. The molecule has 2 heterocycles. The number of aryl methyl sites for hydroxylation is 1. The van der Waals surface area contributed by atoms with Gasteiger partial charge < -0.3 is 14.2 Å². The number of carbonyl (C=O) groups excluding carboxylic acids is 1. The molecule has 1 unspecified atom stereocenters. The summed E-state index contributed by atoms with van der Waals surface area (Å²) in [4.78, 5) is 30.3. The summed E-state index contributed by atoms with van der Waals surface area (Å²) in [6, 6.07) is 12.2. The zero-order chi connectivity index (χ0) is 20.0. The Bertz CT molecular complexity index is 1140. The molecule has 6 heteroatoms. The monoisotopic (exact) mass is 396 g/mol. The van der Waals surface area contributed by atoms with E-state index in [1.165, 1.54) is 0 Å². The highest BCUT2D eigenvalue weighted by Gasteiger charge is 2.42. The maximum absolute atomic E-state index is 13.4. The lowest BCUT2D eigenvalue weighted by atomic mass is 9.98. The first-order valence-electron chi connectivity index (χ1n) is 9.15. The molecule has 3 aromatic rings. The molecule has 1 aromatic heterocycles. The first-order valence-corrected chi connectivity index (χ1v) is 9.53. The van der Waals surface area contributed by atoms with Crippen LogP contribution in [0.2, 0.25) is 5.02 Å². The van der Waals surface area contributed by atoms with E-state index in [1.54, 1.807) is 23.1 Å². The number of hydrogen-bond acceptors (Lipinski definition) is 4. The number of carbonyl (C=O) groups is 1. The van der Waals surface area contributed by atoms with Gasteiger partial charge in [-0.2, -0.15) is 0 Å². The van der Waals surface area contributed by atoms with E-state index in [0.717, 1.165) is 11.1 Å². The molecule has 5 nitrogen and oxygen atoms in total. The third-order valence-electron chi connectivity index (χ3n) is 5.07. The number of nitrogens with zero attached hydrogens (tertiary/aromatic N) is 2. The van der Waals surface area contributed by atoms with E-state index in [0.29, 0.717) is 34.6 Å². The zero-order valence-corrected chi connectivity index (χ0v) is 16.8. The molecule has 1 atom stereocenters. The average Bonchev–Trinajstić information content (AvgIpc) is 2.93.